The second-order valence-electron chi connectivity index (χ2n) is 4.02. The predicted octanol–water partition coefficient (Wildman–Crippen LogP) is 4.49. The Hall–Kier alpha value is -1.58. The summed E-state index contributed by atoms with van der Waals surface area (Å²) in [5.74, 6) is 1.28. The summed E-state index contributed by atoms with van der Waals surface area (Å²) in [6.45, 7) is 0.789. The Balaban J connectivity index is 1.81. The third kappa shape index (κ3) is 3.95. The SMILES string of the molecule is CNc1ccc(OCCOc2c(Cl)cccc2Cl)cc1. The van der Waals surface area contributed by atoms with Gasteiger partial charge in [0.1, 0.15) is 19.0 Å². The van der Waals surface area contributed by atoms with Crippen molar-refractivity contribution in [3.63, 3.8) is 0 Å². The normalized spacial score (nSPS) is 10.2. The first-order valence-electron chi connectivity index (χ1n) is 6.18. The lowest BCUT2D eigenvalue weighted by Gasteiger charge is -2.11. The van der Waals surface area contributed by atoms with Gasteiger partial charge in [-0.3, -0.25) is 0 Å². The van der Waals surface area contributed by atoms with Crippen molar-refractivity contribution in [1.29, 1.82) is 0 Å². The van der Waals surface area contributed by atoms with E-state index in [0.717, 1.165) is 11.4 Å². The molecule has 0 saturated carbocycles. The van der Waals surface area contributed by atoms with Crippen molar-refractivity contribution in [2.24, 2.45) is 0 Å². The molecule has 1 N–H and O–H groups in total. The quantitative estimate of drug-likeness (QED) is 0.797. The smallest absolute Gasteiger partial charge is 0.156 e. The average molecular weight is 312 g/mol. The highest BCUT2D eigenvalue weighted by Gasteiger charge is 2.06. The van der Waals surface area contributed by atoms with Gasteiger partial charge in [0.25, 0.3) is 0 Å². The number of hydrogen-bond donors (Lipinski definition) is 1. The molecule has 5 heteroatoms. The molecule has 0 fully saturated rings. The second kappa shape index (κ2) is 7.27. The van der Waals surface area contributed by atoms with Crippen LogP contribution in [0.15, 0.2) is 42.5 Å². The molecule has 0 aliphatic heterocycles. The molecule has 2 aromatic carbocycles. The molecule has 20 heavy (non-hydrogen) atoms. The van der Waals surface area contributed by atoms with E-state index in [1.165, 1.54) is 0 Å². The molecule has 0 amide bonds. The number of anilines is 1. The lowest BCUT2D eigenvalue weighted by molar-refractivity contribution is 0.217. The van der Waals surface area contributed by atoms with Gasteiger partial charge in [-0.25, -0.2) is 0 Å². The van der Waals surface area contributed by atoms with E-state index in [1.807, 2.05) is 31.3 Å². The number of benzene rings is 2. The van der Waals surface area contributed by atoms with Crippen LogP contribution in [-0.4, -0.2) is 20.3 Å². The number of halogens is 2. The Morgan fingerprint density at radius 3 is 2.10 bits per heavy atom. The fourth-order valence-corrected chi connectivity index (χ4v) is 2.15. The molecule has 0 aliphatic carbocycles. The minimum atomic E-state index is 0.372. The summed E-state index contributed by atoms with van der Waals surface area (Å²) in [5.41, 5.74) is 1.04. The molecule has 0 atom stereocenters. The van der Waals surface area contributed by atoms with Crippen LogP contribution in [-0.2, 0) is 0 Å². The van der Waals surface area contributed by atoms with Gasteiger partial charge in [-0.2, -0.15) is 0 Å². The molecule has 2 rings (SSSR count). The second-order valence-corrected chi connectivity index (χ2v) is 4.84. The van der Waals surface area contributed by atoms with Crippen LogP contribution >= 0.6 is 23.2 Å². The van der Waals surface area contributed by atoms with Crippen molar-refractivity contribution in [3.8, 4) is 11.5 Å². The Morgan fingerprint density at radius 2 is 1.50 bits per heavy atom. The summed E-state index contributed by atoms with van der Waals surface area (Å²) in [5, 5.41) is 4.04. The highest BCUT2D eigenvalue weighted by Crippen LogP contribution is 2.32. The van der Waals surface area contributed by atoms with Crippen LogP contribution in [0.25, 0.3) is 0 Å². The number of rotatable bonds is 6. The largest absolute Gasteiger partial charge is 0.490 e. The topological polar surface area (TPSA) is 30.5 Å². The molecule has 0 spiro atoms. The highest BCUT2D eigenvalue weighted by molar-refractivity contribution is 6.37. The number of ether oxygens (including phenoxy) is 2. The van der Waals surface area contributed by atoms with Gasteiger partial charge >= 0.3 is 0 Å². The van der Waals surface area contributed by atoms with Crippen LogP contribution in [0.2, 0.25) is 10.0 Å². The van der Waals surface area contributed by atoms with Crippen molar-refractivity contribution in [3.05, 3.63) is 52.5 Å². The van der Waals surface area contributed by atoms with Crippen LogP contribution in [0.3, 0.4) is 0 Å². The Labute approximate surface area is 128 Å². The summed E-state index contributed by atoms with van der Waals surface area (Å²) in [6.07, 6.45) is 0. The summed E-state index contributed by atoms with van der Waals surface area (Å²) < 4.78 is 11.1. The van der Waals surface area contributed by atoms with Gasteiger partial charge in [-0.05, 0) is 36.4 Å². The minimum Gasteiger partial charge on any atom is -0.490 e. The monoisotopic (exact) mass is 311 g/mol. The fraction of sp³-hybridized carbons (Fsp3) is 0.200. The molecule has 2 aromatic rings. The van der Waals surface area contributed by atoms with Gasteiger partial charge in [0.2, 0.25) is 0 Å². The first-order chi connectivity index (χ1) is 9.70. The molecule has 0 radical (unpaired) electrons. The van der Waals surface area contributed by atoms with Crippen LogP contribution in [0.4, 0.5) is 5.69 Å². The zero-order chi connectivity index (χ0) is 14.4. The molecular formula is C15H15Cl2NO2. The summed E-state index contributed by atoms with van der Waals surface area (Å²) in [4.78, 5) is 0. The lowest BCUT2D eigenvalue weighted by atomic mass is 10.3. The summed E-state index contributed by atoms with van der Waals surface area (Å²) >= 11 is 12.0. The van der Waals surface area contributed by atoms with Crippen molar-refractivity contribution < 1.29 is 9.47 Å². The van der Waals surface area contributed by atoms with E-state index in [0.29, 0.717) is 29.0 Å². The maximum Gasteiger partial charge on any atom is 0.156 e. The molecule has 0 aliphatic rings. The van der Waals surface area contributed by atoms with Crippen LogP contribution in [0.1, 0.15) is 0 Å². The third-order valence-corrected chi connectivity index (χ3v) is 3.26. The zero-order valence-corrected chi connectivity index (χ0v) is 12.5. The molecule has 106 valence electrons. The standard InChI is InChI=1S/C15H15Cl2NO2/c1-18-11-5-7-12(8-6-11)19-9-10-20-15-13(16)3-2-4-14(15)17/h2-8,18H,9-10H2,1H3. The first kappa shape index (κ1) is 14.8. The number of para-hydroxylation sites is 1. The lowest BCUT2D eigenvalue weighted by Crippen LogP contribution is -2.09. The molecule has 0 aromatic heterocycles. The van der Waals surface area contributed by atoms with Gasteiger partial charge in [0, 0.05) is 12.7 Å². The molecule has 0 bridgehead atoms. The molecule has 0 heterocycles. The Kier molecular flexibility index (Phi) is 5.39. The van der Waals surface area contributed by atoms with Gasteiger partial charge in [-0.15, -0.1) is 0 Å². The van der Waals surface area contributed by atoms with Crippen molar-refractivity contribution >= 4 is 28.9 Å². The van der Waals surface area contributed by atoms with E-state index in [9.17, 15) is 0 Å². The van der Waals surface area contributed by atoms with E-state index in [2.05, 4.69) is 5.32 Å². The van der Waals surface area contributed by atoms with E-state index in [-0.39, 0.29) is 0 Å². The van der Waals surface area contributed by atoms with Gasteiger partial charge in [-0.1, -0.05) is 29.3 Å². The Morgan fingerprint density at radius 1 is 0.900 bits per heavy atom. The molecule has 3 nitrogen and oxygen atoms in total. The molecule has 0 saturated heterocycles. The van der Waals surface area contributed by atoms with Gasteiger partial charge in [0.15, 0.2) is 5.75 Å². The van der Waals surface area contributed by atoms with Crippen LogP contribution in [0.5, 0.6) is 11.5 Å². The molecular weight excluding hydrogens is 297 g/mol. The number of hydrogen-bond acceptors (Lipinski definition) is 3. The van der Waals surface area contributed by atoms with E-state index < -0.39 is 0 Å². The summed E-state index contributed by atoms with van der Waals surface area (Å²) in [6, 6.07) is 12.9. The van der Waals surface area contributed by atoms with Crippen LogP contribution < -0.4 is 14.8 Å². The minimum absolute atomic E-state index is 0.372. The maximum atomic E-state index is 6.00. The number of nitrogens with one attached hydrogen (secondary N) is 1. The van der Waals surface area contributed by atoms with Crippen LogP contribution in [0, 0.1) is 0 Å². The van der Waals surface area contributed by atoms with Crippen molar-refractivity contribution in [2.75, 3.05) is 25.6 Å². The van der Waals surface area contributed by atoms with Crippen molar-refractivity contribution in [1.82, 2.24) is 0 Å². The fourth-order valence-electron chi connectivity index (χ4n) is 1.64. The van der Waals surface area contributed by atoms with E-state index in [4.69, 9.17) is 32.7 Å². The van der Waals surface area contributed by atoms with Crippen molar-refractivity contribution in [2.45, 2.75) is 0 Å². The van der Waals surface area contributed by atoms with E-state index in [1.54, 1.807) is 18.2 Å². The predicted molar refractivity (Wildman–Crippen MR) is 83.4 cm³/mol. The molecule has 0 unspecified atom stereocenters. The first-order valence-corrected chi connectivity index (χ1v) is 6.93. The van der Waals surface area contributed by atoms with Gasteiger partial charge < -0.3 is 14.8 Å². The highest BCUT2D eigenvalue weighted by atomic mass is 35.5. The van der Waals surface area contributed by atoms with Gasteiger partial charge in [0.05, 0.1) is 10.0 Å². The van der Waals surface area contributed by atoms with E-state index >= 15 is 0 Å². The Bertz CT molecular complexity index is 538. The average Bonchev–Trinajstić information content (AvgIpc) is 2.46. The maximum absolute atomic E-state index is 6.00. The zero-order valence-electron chi connectivity index (χ0n) is 11.0. The summed E-state index contributed by atoms with van der Waals surface area (Å²) in [7, 11) is 1.87. The third-order valence-electron chi connectivity index (χ3n) is 2.66.